The number of carbonyl (C=O) groups excluding carboxylic acids is 3. The number of anilines is 2. The fourth-order valence-electron chi connectivity index (χ4n) is 10.1. The lowest BCUT2D eigenvalue weighted by atomic mass is 9.71. The van der Waals surface area contributed by atoms with Crippen molar-refractivity contribution in [3.05, 3.63) is 125 Å². The number of amides is 3. The molecule has 4 fully saturated rings. The number of imide groups is 1. The Morgan fingerprint density at radius 1 is 0.754 bits per heavy atom. The number of nitrogens with zero attached hydrogens (tertiary/aromatic N) is 4. The molecule has 0 saturated carbocycles. The number of aromatic hydroxyl groups is 1. The quantitative estimate of drug-likeness (QED) is 0.136. The van der Waals surface area contributed by atoms with Crippen molar-refractivity contribution >= 4 is 40.2 Å². The molecule has 1 spiro atoms. The van der Waals surface area contributed by atoms with Gasteiger partial charge in [-0.2, -0.15) is 0 Å². The Morgan fingerprint density at radius 3 is 2.09 bits per heavy atom. The molecule has 0 bridgehead atoms. The van der Waals surface area contributed by atoms with Crippen LogP contribution in [0.5, 0.6) is 5.75 Å². The maximum atomic E-state index is 13.2. The molecular weight excluding hydrogens is 711 g/mol. The number of phenolic OH excluding ortho intramolecular Hbond substituents is 1. The molecule has 3 amide bonds. The molecule has 0 aliphatic carbocycles. The van der Waals surface area contributed by atoms with Crippen LogP contribution >= 0.6 is 0 Å². The van der Waals surface area contributed by atoms with E-state index in [4.69, 9.17) is 0 Å². The van der Waals surface area contributed by atoms with Crippen LogP contribution < -0.4 is 15.1 Å². The van der Waals surface area contributed by atoms with Crippen LogP contribution in [-0.2, 0) is 16.1 Å². The topological polar surface area (TPSA) is 96.4 Å². The van der Waals surface area contributed by atoms with Crippen molar-refractivity contribution < 1.29 is 19.5 Å². The number of piperidine rings is 3. The molecule has 294 valence electrons. The SMILES string of the molecule is CC/C(=C(\c1ccc(O)cc1)c1ccc(N2CCC(CN3CCC4(CC3)CN(c3ccc5c(c3)CN(C3CCC(=O)NC3=O)C5=O)C4)CC2)cc1)c1ccccc1. The minimum absolute atomic E-state index is 0.114. The minimum Gasteiger partial charge on any atom is -0.508 e. The summed E-state index contributed by atoms with van der Waals surface area (Å²) >= 11 is 0. The first kappa shape index (κ1) is 37.2. The first-order valence-corrected chi connectivity index (χ1v) is 20.9. The van der Waals surface area contributed by atoms with Crippen LogP contribution in [0, 0.1) is 11.3 Å². The largest absolute Gasteiger partial charge is 0.508 e. The van der Waals surface area contributed by atoms with E-state index in [1.54, 1.807) is 17.0 Å². The Kier molecular flexibility index (Phi) is 10.1. The third-order valence-corrected chi connectivity index (χ3v) is 13.4. The highest BCUT2D eigenvalue weighted by Gasteiger charge is 2.46. The van der Waals surface area contributed by atoms with E-state index >= 15 is 0 Å². The Labute approximate surface area is 336 Å². The number of fused-ring (bicyclic) bond motifs is 1. The molecule has 0 aromatic heterocycles. The van der Waals surface area contributed by atoms with Crippen LogP contribution in [0.3, 0.4) is 0 Å². The van der Waals surface area contributed by atoms with Gasteiger partial charge in [0.1, 0.15) is 11.8 Å². The third kappa shape index (κ3) is 7.45. The second-order valence-corrected chi connectivity index (χ2v) is 17.0. The molecule has 2 N–H and O–H groups in total. The first-order chi connectivity index (χ1) is 27.8. The summed E-state index contributed by atoms with van der Waals surface area (Å²) in [6, 6.07) is 32.9. The average molecular weight is 764 g/mol. The van der Waals surface area contributed by atoms with Gasteiger partial charge in [0.2, 0.25) is 11.8 Å². The standard InChI is InChI=1S/C48H53N5O4/c1-2-41(34-6-4-3-5-7-34)45(36-10-15-40(54)16-11-36)35-8-12-38(13-9-35)51-24-20-33(21-25-51)29-50-26-22-48(23-27-50)31-52(32-48)39-14-17-42-37(28-39)30-53(47(42)57)43-18-19-44(55)49-46(43)56/h3-17,28,33,43,54H,2,18-27,29-32H2,1H3,(H,49,55,56)/b45-41+. The van der Waals surface area contributed by atoms with Crippen molar-refractivity contribution in [3.63, 3.8) is 0 Å². The zero-order valence-corrected chi connectivity index (χ0v) is 33.0. The van der Waals surface area contributed by atoms with Gasteiger partial charge in [0.15, 0.2) is 0 Å². The summed E-state index contributed by atoms with van der Waals surface area (Å²) in [7, 11) is 0. The summed E-state index contributed by atoms with van der Waals surface area (Å²) in [5.41, 5.74) is 10.5. The van der Waals surface area contributed by atoms with E-state index in [9.17, 15) is 19.5 Å². The van der Waals surface area contributed by atoms with Gasteiger partial charge in [0.05, 0.1) is 0 Å². The van der Waals surface area contributed by atoms with Gasteiger partial charge in [0, 0.05) is 68.0 Å². The average Bonchev–Trinajstić information content (AvgIpc) is 3.55. The van der Waals surface area contributed by atoms with Gasteiger partial charge in [-0.05, 0) is 133 Å². The van der Waals surface area contributed by atoms with Crippen LogP contribution in [0.2, 0.25) is 0 Å². The van der Waals surface area contributed by atoms with Crippen molar-refractivity contribution in [3.8, 4) is 5.75 Å². The molecular formula is C48H53N5O4. The van der Waals surface area contributed by atoms with Crippen molar-refractivity contribution in [2.24, 2.45) is 11.3 Å². The molecule has 5 aliphatic rings. The van der Waals surface area contributed by atoms with E-state index in [0.29, 0.717) is 23.9 Å². The molecule has 1 atom stereocenters. The second-order valence-electron chi connectivity index (χ2n) is 17.0. The number of phenols is 1. The smallest absolute Gasteiger partial charge is 0.255 e. The summed E-state index contributed by atoms with van der Waals surface area (Å²) in [6.07, 6.45) is 6.44. The van der Waals surface area contributed by atoms with Crippen LogP contribution in [0.25, 0.3) is 11.1 Å². The van der Waals surface area contributed by atoms with Gasteiger partial charge in [0.25, 0.3) is 5.91 Å². The van der Waals surface area contributed by atoms with Gasteiger partial charge < -0.3 is 24.7 Å². The number of hydrogen-bond acceptors (Lipinski definition) is 7. The van der Waals surface area contributed by atoms with E-state index in [2.05, 4.69) is 93.7 Å². The monoisotopic (exact) mass is 763 g/mol. The summed E-state index contributed by atoms with van der Waals surface area (Å²) in [4.78, 5) is 46.6. The van der Waals surface area contributed by atoms with Crippen molar-refractivity contribution in [1.82, 2.24) is 15.1 Å². The molecule has 1 unspecified atom stereocenters. The van der Waals surface area contributed by atoms with Crippen molar-refractivity contribution in [1.29, 1.82) is 0 Å². The number of benzene rings is 4. The van der Waals surface area contributed by atoms with Crippen LogP contribution in [0.4, 0.5) is 11.4 Å². The van der Waals surface area contributed by atoms with E-state index in [1.165, 1.54) is 60.2 Å². The van der Waals surface area contributed by atoms with Gasteiger partial charge in [-0.25, -0.2) is 0 Å². The van der Waals surface area contributed by atoms with Gasteiger partial charge in [-0.15, -0.1) is 0 Å². The van der Waals surface area contributed by atoms with E-state index in [0.717, 1.165) is 68.4 Å². The molecule has 4 aromatic rings. The second kappa shape index (κ2) is 15.5. The summed E-state index contributed by atoms with van der Waals surface area (Å²) in [5, 5.41) is 12.4. The number of hydrogen-bond donors (Lipinski definition) is 2. The van der Waals surface area contributed by atoms with Gasteiger partial charge in [-0.3, -0.25) is 19.7 Å². The number of allylic oxidation sites excluding steroid dienone is 1. The van der Waals surface area contributed by atoms with Gasteiger partial charge in [-0.1, -0.05) is 61.5 Å². The number of carbonyl (C=O) groups is 3. The molecule has 5 heterocycles. The maximum absolute atomic E-state index is 13.2. The van der Waals surface area contributed by atoms with E-state index in [1.807, 2.05) is 18.2 Å². The molecule has 5 aliphatic heterocycles. The molecule has 57 heavy (non-hydrogen) atoms. The summed E-state index contributed by atoms with van der Waals surface area (Å²) < 4.78 is 0. The number of likely N-dealkylation sites (tertiary alicyclic amines) is 1. The van der Waals surface area contributed by atoms with Crippen molar-refractivity contribution in [2.75, 3.05) is 55.6 Å². The van der Waals surface area contributed by atoms with Crippen molar-refractivity contribution in [2.45, 2.75) is 64.5 Å². The predicted molar refractivity (Wildman–Crippen MR) is 225 cm³/mol. The highest BCUT2D eigenvalue weighted by Crippen LogP contribution is 2.44. The molecule has 4 saturated heterocycles. The summed E-state index contributed by atoms with van der Waals surface area (Å²) in [6.45, 7) is 10.4. The zero-order chi connectivity index (χ0) is 39.1. The Balaban J connectivity index is 0.762. The van der Waals surface area contributed by atoms with Crippen LogP contribution in [0.15, 0.2) is 97.1 Å². The number of nitrogens with one attached hydrogen (secondary N) is 1. The fourth-order valence-corrected chi connectivity index (χ4v) is 10.1. The molecule has 4 aromatic carbocycles. The normalized spacial score (nSPS) is 21.7. The highest BCUT2D eigenvalue weighted by atomic mass is 16.3. The lowest BCUT2D eigenvalue weighted by Gasteiger charge is -2.55. The van der Waals surface area contributed by atoms with E-state index in [-0.39, 0.29) is 29.9 Å². The van der Waals surface area contributed by atoms with E-state index < -0.39 is 6.04 Å². The Morgan fingerprint density at radius 2 is 1.42 bits per heavy atom. The van der Waals surface area contributed by atoms with Crippen LogP contribution in [0.1, 0.15) is 84.5 Å². The summed E-state index contributed by atoms with van der Waals surface area (Å²) in [5.74, 6) is 0.262. The molecule has 9 nitrogen and oxygen atoms in total. The Bertz CT molecular complexity index is 2160. The predicted octanol–water partition coefficient (Wildman–Crippen LogP) is 7.34. The zero-order valence-electron chi connectivity index (χ0n) is 33.0. The van der Waals surface area contributed by atoms with Gasteiger partial charge >= 0.3 is 0 Å². The maximum Gasteiger partial charge on any atom is 0.255 e. The molecule has 9 heteroatoms. The minimum atomic E-state index is -0.580. The lowest BCUT2D eigenvalue weighted by Crippen LogP contribution is -2.60. The highest BCUT2D eigenvalue weighted by molar-refractivity contribution is 6.05. The third-order valence-electron chi connectivity index (χ3n) is 13.4. The molecule has 0 radical (unpaired) electrons. The first-order valence-electron chi connectivity index (χ1n) is 20.9. The fraction of sp³-hybridized carbons (Fsp3) is 0.396. The number of rotatable bonds is 9. The Hall–Kier alpha value is -5.41. The molecule has 9 rings (SSSR count). The lowest BCUT2D eigenvalue weighted by molar-refractivity contribution is -0.136. The van der Waals surface area contributed by atoms with Crippen LogP contribution in [-0.4, -0.2) is 84.5 Å².